The quantitative estimate of drug-likeness (QED) is 0.901. The van der Waals surface area contributed by atoms with E-state index in [2.05, 4.69) is 0 Å². The first kappa shape index (κ1) is 12.1. The zero-order valence-corrected chi connectivity index (χ0v) is 10.8. The molecule has 0 aliphatic heterocycles. The number of phenols is 1. The van der Waals surface area contributed by atoms with Gasteiger partial charge in [-0.1, -0.05) is 12.8 Å². The van der Waals surface area contributed by atoms with Crippen LogP contribution in [0.25, 0.3) is 11.0 Å². The van der Waals surface area contributed by atoms with Crippen LogP contribution in [0.15, 0.2) is 27.4 Å². The van der Waals surface area contributed by atoms with Crippen LogP contribution < -0.4 is 10.2 Å². The molecule has 1 saturated carbocycles. The van der Waals surface area contributed by atoms with Gasteiger partial charge < -0.3 is 14.3 Å². The van der Waals surface area contributed by atoms with E-state index < -0.39 is 0 Å². The molecule has 100 valence electrons. The third kappa shape index (κ3) is 1.97. The van der Waals surface area contributed by atoms with Crippen LogP contribution in [0.3, 0.4) is 0 Å². The summed E-state index contributed by atoms with van der Waals surface area (Å²) in [5.41, 5.74) is 0.262. The molecule has 1 fully saturated rings. The summed E-state index contributed by atoms with van der Waals surface area (Å²) in [6, 6.07) is 4.60. The molecule has 1 heterocycles. The van der Waals surface area contributed by atoms with E-state index in [1.54, 1.807) is 12.1 Å². The van der Waals surface area contributed by atoms with Gasteiger partial charge in [0.05, 0.1) is 12.5 Å². The molecule has 0 amide bonds. The average molecular weight is 260 g/mol. The summed E-state index contributed by atoms with van der Waals surface area (Å²) in [5, 5.41) is 10.2. The molecule has 0 atom stereocenters. The topological polar surface area (TPSA) is 59.7 Å². The van der Waals surface area contributed by atoms with Gasteiger partial charge in [-0.05, 0) is 25.0 Å². The summed E-state index contributed by atoms with van der Waals surface area (Å²) >= 11 is 0. The second kappa shape index (κ2) is 4.61. The molecule has 1 aliphatic carbocycles. The van der Waals surface area contributed by atoms with E-state index >= 15 is 0 Å². The normalized spacial score (nSPS) is 16.1. The largest absolute Gasteiger partial charge is 0.504 e. The second-order valence-electron chi connectivity index (χ2n) is 4.99. The van der Waals surface area contributed by atoms with Gasteiger partial charge in [-0.2, -0.15) is 0 Å². The molecule has 0 bridgehead atoms. The number of ether oxygens (including phenoxy) is 1. The smallest absolute Gasteiger partial charge is 0.204 e. The Morgan fingerprint density at radius 3 is 2.74 bits per heavy atom. The van der Waals surface area contributed by atoms with Crippen LogP contribution in [0.2, 0.25) is 0 Å². The van der Waals surface area contributed by atoms with E-state index in [1.165, 1.54) is 26.0 Å². The van der Waals surface area contributed by atoms with Crippen molar-refractivity contribution in [2.75, 3.05) is 7.11 Å². The van der Waals surface area contributed by atoms with Gasteiger partial charge >= 0.3 is 0 Å². The summed E-state index contributed by atoms with van der Waals surface area (Å²) in [4.78, 5) is 12.1. The predicted octanol–water partition coefficient (Wildman–Crippen LogP) is 3.16. The van der Waals surface area contributed by atoms with Gasteiger partial charge in [0.15, 0.2) is 16.8 Å². The molecule has 0 spiro atoms. The van der Waals surface area contributed by atoms with Gasteiger partial charge in [-0.3, -0.25) is 4.79 Å². The van der Waals surface area contributed by atoms with Crippen molar-refractivity contribution in [2.45, 2.75) is 31.6 Å². The minimum atomic E-state index is -0.0820. The molecule has 19 heavy (non-hydrogen) atoms. The van der Waals surface area contributed by atoms with Gasteiger partial charge in [0, 0.05) is 12.0 Å². The molecule has 3 rings (SSSR count). The summed E-state index contributed by atoms with van der Waals surface area (Å²) in [5.74, 6) is 1.24. The summed E-state index contributed by atoms with van der Waals surface area (Å²) < 4.78 is 11.0. The number of aromatic hydroxyl groups is 1. The van der Waals surface area contributed by atoms with Crippen molar-refractivity contribution < 1.29 is 14.3 Å². The van der Waals surface area contributed by atoms with Crippen molar-refractivity contribution in [3.05, 3.63) is 34.2 Å². The van der Waals surface area contributed by atoms with Crippen molar-refractivity contribution in [3.8, 4) is 11.5 Å². The first-order valence-electron chi connectivity index (χ1n) is 6.54. The fourth-order valence-electron chi connectivity index (χ4n) is 2.81. The fraction of sp³-hybridized carbons (Fsp3) is 0.400. The Morgan fingerprint density at radius 2 is 2.05 bits per heavy atom. The standard InChI is InChI=1S/C15H16O4/c1-18-15-11(16)7-6-10-12(17)8-13(19-14(10)15)9-4-2-3-5-9/h6-9,16H,2-5H2,1H3. The number of hydrogen-bond donors (Lipinski definition) is 1. The number of fused-ring (bicyclic) bond motifs is 1. The Balaban J connectivity index is 2.25. The summed E-state index contributed by atoms with van der Waals surface area (Å²) in [6.07, 6.45) is 4.44. The Bertz CT molecular complexity index is 666. The number of rotatable bonds is 2. The lowest BCUT2D eigenvalue weighted by Crippen LogP contribution is -2.05. The third-order valence-electron chi connectivity index (χ3n) is 3.81. The van der Waals surface area contributed by atoms with E-state index in [-0.39, 0.29) is 16.9 Å². The molecule has 0 unspecified atom stereocenters. The number of phenolic OH excluding ortho intramolecular Hbond substituents is 1. The van der Waals surface area contributed by atoms with Crippen molar-refractivity contribution in [1.82, 2.24) is 0 Å². The molecular weight excluding hydrogens is 244 g/mol. The van der Waals surface area contributed by atoms with Gasteiger partial charge in [-0.15, -0.1) is 0 Å². The maximum Gasteiger partial charge on any atom is 0.204 e. The van der Waals surface area contributed by atoms with Crippen molar-refractivity contribution in [3.63, 3.8) is 0 Å². The van der Waals surface area contributed by atoms with E-state index in [0.29, 0.717) is 22.6 Å². The van der Waals surface area contributed by atoms with Crippen molar-refractivity contribution in [2.24, 2.45) is 0 Å². The fourth-order valence-corrected chi connectivity index (χ4v) is 2.81. The highest BCUT2D eigenvalue weighted by atomic mass is 16.5. The van der Waals surface area contributed by atoms with E-state index in [4.69, 9.17) is 9.15 Å². The number of benzene rings is 1. The molecule has 2 aromatic rings. The first-order chi connectivity index (χ1) is 9.20. The number of hydrogen-bond acceptors (Lipinski definition) is 4. The van der Waals surface area contributed by atoms with Gasteiger partial charge in [0.1, 0.15) is 5.76 Å². The highest BCUT2D eigenvalue weighted by Gasteiger charge is 2.22. The maximum atomic E-state index is 12.1. The zero-order valence-electron chi connectivity index (χ0n) is 10.8. The molecular formula is C15H16O4. The molecule has 4 nitrogen and oxygen atoms in total. The highest BCUT2D eigenvalue weighted by Crippen LogP contribution is 2.38. The van der Waals surface area contributed by atoms with Crippen LogP contribution in [-0.2, 0) is 0 Å². The molecule has 0 radical (unpaired) electrons. The van der Waals surface area contributed by atoms with Crippen LogP contribution >= 0.6 is 0 Å². The summed E-state index contributed by atoms with van der Waals surface area (Å²) in [6.45, 7) is 0. The van der Waals surface area contributed by atoms with Crippen LogP contribution in [0.1, 0.15) is 37.4 Å². The summed E-state index contributed by atoms with van der Waals surface area (Å²) in [7, 11) is 1.46. The molecule has 1 aromatic carbocycles. The Kier molecular flexibility index (Phi) is 2.93. The molecule has 1 aliphatic rings. The molecule has 1 N–H and O–H groups in total. The van der Waals surface area contributed by atoms with Gasteiger partial charge in [0.2, 0.25) is 5.75 Å². The molecule has 4 heteroatoms. The zero-order chi connectivity index (χ0) is 13.4. The highest BCUT2D eigenvalue weighted by molar-refractivity contribution is 5.85. The van der Waals surface area contributed by atoms with Crippen LogP contribution in [0.4, 0.5) is 0 Å². The van der Waals surface area contributed by atoms with Crippen molar-refractivity contribution >= 4 is 11.0 Å². The lowest BCUT2D eigenvalue weighted by atomic mass is 10.0. The lowest BCUT2D eigenvalue weighted by Gasteiger charge is -2.11. The van der Waals surface area contributed by atoms with E-state index in [1.807, 2.05) is 0 Å². The Hall–Kier alpha value is -1.97. The van der Waals surface area contributed by atoms with Gasteiger partial charge in [0.25, 0.3) is 0 Å². The second-order valence-corrected chi connectivity index (χ2v) is 4.99. The Morgan fingerprint density at radius 1 is 1.32 bits per heavy atom. The van der Waals surface area contributed by atoms with Crippen LogP contribution in [0, 0.1) is 0 Å². The van der Waals surface area contributed by atoms with Crippen LogP contribution in [0.5, 0.6) is 11.5 Å². The first-order valence-corrected chi connectivity index (χ1v) is 6.54. The third-order valence-corrected chi connectivity index (χ3v) is 3.81. The predicted molar refractivity (Wildman–Crippen MR) is 71.9 cm³/mol. The van der Waals surface area contributed by atoms with E-state index in [0.717, 1.165) is 12.8 Å². The van der Waals surface area contributed by atoms with Crippen molar-refractivity contribution in [1.29, 1.82) is 0 Å². The van der Waals surface area contributed by atoms with Gasteiger partial charge in [-0.25, -0.2) is 0 Å². The molecule has 1 aromatic heterocycles. The lowest BCUT2D eigenvalue weighted by molar-refractivity contribution is 0.366. The SMILES string of the molecule is COc1c(O)ccc2c(=O)cc(C3CCCC3)oc12. The van der Waals surface area contributed by atoms with Crippen LogP contribution in [-0.4, -0.2) is 12.2 Å². The minimum Gasteiger partial charge on any atom is -0.504 e. The number of methoxy groups -OCH3 is 1. The average Bonchev–Trinajstić information content (AvgIpc) is 2.92. The maximum absolute atomic E-state index is 12.1. The van der Waals surface area contributed by atoms with E-state index in [9.17, 15) is 9.90 Å². The Labute approximate surface area is 110 Å². The monoisotopic (exact) mass is 260 g/mol. The molecule has 0 saturated heterocycles. The minimum absolute atomic E-state index is 0.0123.